The van der Waals surface area contributed by atoms with Crippen molar-refractivity contribution in [1.82, 2.24) is 10.2 Å². The predicted octanol–water partition coefficient (Wildman–Crippen LogP) is 3.11. The molecule has 0 aliphatic heterocycles. The van der Waals surface area contributed by atoms with E-state index in [0.29, 0.717) is 6.54 Å². The number of hydrogen-bond acceptors (Lipinski definition) is 2. The molecule has 0 fully saturated rings. The third-order valence-electron chi connectivity index (χ3n) is 2.82. The van der Waals surface area contributed by atoms with Gasteiger partial charge in [0.1, 0.15) is 5.82 Å². The first-order chi connectivity index (χ1) is 9.33. The zero-order valence-corrected chi connectivity index (χ0v) is 11.9. The highest BCUT2D eigenvalue weighted by Gasteiger charge is 2.30. The van der Waals surface area contributed by atoms with Gasteiger partial charge >= 0.3 is 6.18 Å². The van der Waals surface area contributed by atoms with Crippen LogP contribution in [0.25, 0.3) is 0 Å². The molecule has 0 amide bonds. The predicted molar refractivity (Wildman–Crippen MR) is 71.5 cm³/mol. The first kappa shape index (κ1) is 17.2. The molecule has 2 nitrogen and oxygen atoms in total. The summed E-state index contributed by atoms with van der Waals surface area (Å²) in [5.74, 6) is -0.488. The molecule has 0 heterocycles. The summed E-state index contributed by atoms with van der Waals surface area (Å²) in [5, 5.41) is 3.04. The van der Waals surface area contributed by atoms with Crippen molar-refractivity contribution in [3.63, 3.8) is 0 Å². The number of alkyl halides is 3. The van der Waals surface area contributed by atoms with Crippen molar-refractivity contribution in [3.8, 4) is 0 Å². The highest BCUT2D eigenvalue weighted by molar-refractivity contribution is 6.31. The van der Waals surface area contributed by atoms with Crippen molar-refractivity contribution in [2.75, 3.05) is 33.2 Å². The van der Waals surface area contributed by atoms with Gasteiger partial charge in [0.2, 0.25) is 0 Å². The molecule has 0 aromatic heterocycles. The Morgan fingerprint density at radius 3 is 2.50 bits per heavy atom. The second-order valence-corrected chi connectivity index (χ2v) is 4.85. The van der Waals surface area contributed by atoms with Crippen molar-refractivity contribution in [2.45, 2.75) is 12.6 Å². The fourth-order valence-corrected chi connectivity index (χ4v) is 2.09. The van der Waals surface area contributed by atoms with Crippen molar-refractivity contribution < 1.29 is 17.6 Å². The van der Waals surface area contributed by atoms with Crippen LogP contribution in [-0.2, 0) is 6.42 Å². The number of halogens is 5. The number of nitrogens with zero attached hydrogens (tertiary/aromatic N) is 1. The maximum atomic E-state index is 13.6. The standard InChI is InChI=1S/C13H17ClF4N2/c1-19-6-8-20(9-13(16,17)18)7-5-10-11(14)3-2-4-12(10)15/h2-4,19H,5-9H2,1H3. The molecular weight excluding hydrogens is 296 g/mol. The van der Waals surface area contributed by atoms with E-state index in [2.05, 4.69) is 5.32 Å². The van der Waals surface area contributed by atoms with Crippen LogP contribution >= 0.6 is 11.6 Å². The average Bonchev–Trinajstić information content (AvgIpc) is 2.33. The van der Waals surface area contributed by atoms with Crippen molar-refractivity contribution >= 4 is 11.6 Å². The highest BCUT2D eigenvalue weighted by atomic mass is 35.5. The number of rotatable bonds is 7. The lowest BCUT2D eigenvalue weighted by Crippen LogP contribution is -2.39. The molecule has 1 aromatic carbocycles. The van der Waals surface area contributed by atoms with E-state index in [1.165, 1.54) is 23.1 Å². The van der Waals surface area contributed by atoms with Crippen LogP contribution in [-0.4, -0.2) is 44.3 Å². The Hall–Kier alpha value is -0.850. The van der Waals surface area contributed by atoms with E-state index in [1.54, 1.807) is 7.05 Å². The Morgan fingerprint density at radius 1 is 1.25 bits per heavy atom. The molecule has 0 spiro atoms. The Balaban J connectivity index is 2.65. The van der Waals surface area contributed by atoms with E-state index in [9.17, 15) is 17.6 Å². The van der Waals surface area contributed by atoms with Crippen LogP contribution in [0.3, 0.4) is 0 Å². The van der Waals surface area contributed by atoms with Crippen molar-refractivity contribution in [3.05, 3.63) is 34.6 Å². The van der Waals surface area contributed by atoms with Gasteiger partial charge in [-0.3, -0.25) is 4.90 Å². The molecule has 1 rings (SSSR count). The maximum Gasteiger partial charge on any atom is 0.401 e. The molecule has 1 aromatic rings. The Morgan fingerprint density at radius 2 is 1.95 bits per heavy atom. The van der Waals surface area contributed by atoms with E-state index in [4.69, 9.17) is 11.6 Å². The van der Waals surface area contributed by atoms with Crippen LogP contribution in [0.15, 0.2) is 18.2 Å². The molecule has 0 unspecified atom stereocenters. The van der Waals surface area contributed by atoms with E-state index in [1.807, 2.05) is 0 Å². The van der Waals surface area contributed by atoms with Gasteiger partial charge in [-0.25, -0.2) is 4.39 Å². The number of hydrogen-bond donors (Lipinski definition) is 1. The summed E-state index contributed by atoms with van der Waals surface area (Å²) in [6, 6.07) is 4.25. The van der Waals surface area contributed by atoms with Gasteiger partial charge in [-0.15, -0.1) is 0 Å². The molecule has 114 valence electrons. The summed E-state index contributed by atoms with van der Waals surface area (Å²) in [7, 11) is 1.67. The van der Waals surface area contributed by atoms with Gasteiger partial charge in [0.25, 0.3) is 0 Å². The van der Waals surface area contributed by atoms with Crippen LogP contribution in [0.1, 0.15) is 5.56 Å². The largest absolute Gasteiger partial charge is 0.401 e. The van der Waals surface area contributed by atoms with Gasteiger partial charge in [0, 0.05) is 30.2 Å². The van der Waals surface area contributed by atoms with E-state index >= 15 is 0 Å². The zero-order valence-electron chi connectivity index (χ0n) is 11.1. The third-order valence-corrected chi connectivity index (χ3v) is 3.17. The Kier molecular flexibility index (Phi) is 6.71. The fourth-order valence-electron chi connectivity index (χ4n) is 1.83. The van der Waals surface area contributed by atoms with Crippen LogP contribution in [0, 0.1) is 5.82 Å². The summed E-state index contributed by atoms with van der Waals surface area (Å²) in [6.45, 7) is -0.244. The van der Waals surface area contributed by atoms with E-state index < -0.39 is 18.5 Å². The number of likely N-dealkylation sites (N-methyl/N-ethyl adjacent to an activating group) is 1. The second kappa shape index (κ2) is 7.81. The minimum Gasteiger partial charge on any atom is -0.318 e. The minimum atomic E-state index is -4.27. The molecule has 0 aliphatic rings. The molecule has 0 atom stereocenters. The summed E-state index contributed by atoms with van der Waals surface area (Å²) in [6.07, 6.45) is -4.13. The quantitative estimate of drug-likeness (QED) is 0.778. The monoisotopic (exact) mass is 312 g/mol. The summed E-state index contributed by atoms with van der Waals surface area (Å²) in [4.78, 5) is 1.24. The molecule has 0 bridgehead atoms. The summed E-state index contributed by atoms with van der Waals surface area (Å²) in [5.41, 5.74) is 0.255. The van der Waals surface area contributed by atoms with E-state index in [0.717, 1.165) is 0 Å². The van der Waals surface area contributed by atoms with Gasteiger partial charge in [-0.1, -0.05) is 17.7 Å². The minimum absolute atomic E-state index is 0.0991. The Bertz CT molecular complexity index is 403. The molecule has 0 saturated carbocycles. The topological polar surface area (TPSA) is 15.3 Å². The average molecular weight is 313 g/mol. The number of benzene rings is 1. The normalized spacial score (nSPS) is 12.2. The molecule has 0 aliphatic carbocycles. The SMILES string of the molecule is CNCCN(CCc1c(F)cccc1Cl)CC(F)(F)F. The molecule has 7 heteroatoms. The van der Waals surface area contributed by atoms with Crippen LogP contribution in [0.2, 0.25) is 5.02 Å². The lowest BCUT2D eigenvalue weighted by atomic mass is 10.1. The summed E-state index contributed by atoms with van der Waals surface area (Å²) < 4.78 is 50.9. The molecule has 0 radical (unpaired) electrons. The van der Waals surface area contributed by atoms with Gasteiger partial charge in [0.05, 0.1) is 6.54 Å². The first-order valence-electron chi connectivity index (χ1n) is 6.20. The highest BCUT2D eigenvalue weighted by Crippen LogP contribution is 2.21. The zero-order chi connectivity index (χ0) is 15.2. The maximum absolute atomic E-state index is 13.6. The fraction of sp³-hybridized carbons (Fsp3) is 0.538. The summed E-state index contributed by atoms with van der Waals surface area (Å²) >= 11 is 5.86. The van der Waals surface area contributed by atoms with Crippen LogP contribution in [0.4, 0.5) is 17.6 Å². The van der Waals surface area contributed by atoms with Gasteiger partial charge < -0.3 is 5.32 Å². The Labute approximate surface area is 120 Å². The van der Waals surface area contributed by atoms with Crippen molar-refractivity contribution in [2.24, 2.45) is 0 Å². The van der Waals surface area contributed by atoms with Gasteiger partial charge in [-0.05, 0) is 25.6 Å². The van der Waals surface area contributed by atoms with Crippen LogP contribution < -0.4 is 5.32 Å². The molecule has 0 saturated heterocycles. The van der Waals surface area contributed by atoms with Crippen LogP contribution in [0.5, 0.6) is 0 Å². The van der Waals surface area contributed by atoms with Gasteiger partial charge in [0.15, 0.2) is 0 Å². The van der Waals surface area contributed by atoms with Crippen molar-refractivity contribution in [1.29, 1.82) is 0 Å². The van der Waals surface area contributed by atoms with E-state index in [-0.39, 0.29) is 30.1 Å². The lowest BCUT2D eigenvalue weighted by molar-refractivity contribution is -0.145. The number of nitrogens with one attached hydrogen (secondary N) is 1. The molecule has 1 N–H and O–H groups in total. The lowest BCUT2D eigenvalue weighted by Gasteiger charge is -2.23. The molecular formula is C13H17ClF4N2. The van der Waals surface area contributed by atoms with Gasteiger partial charge in [-0.2, -0.15) is 13.2 Å². The molecule has 20 heavy (non-hydrogen) atoms. The smallest absolute Gasteiger partial charge is 0.318 e. The second-order valence-electron chi connectivity index (χ2n) is 4.45. The first-order valence-corrected chi connectivity index (χ1v) is 6.58. The third kappa shape index (κ3) is 6.07.